The summed E-state index contributed by atoms with van der Waals surface area (Å²) in [6.45, 7) is 7.76. The van der Waals surface area contributed by atoms with Crippen molar-refractivity contribution in [2.24, 2.45) is 5.73 Å². The lowest BCUT2D eigenvalue weighted by atomic mass is 9.84. The van der Waals surface area contributed by atoms with E-state index in [1.165, 1.54) is 12.3 Å². The normalized spacial score (nSPS) is 14.9. The van der Waals surface area contributed by atoms with Gasteiger partial charge in [0.15, 0.2) is 0 Å². The van der Waals surface area contributed by atoms with Gasteiger partial charge in [-0.05, 0) is 41.9 Å². The lowest BCUT2D eigenvalue weighted by Crippen LogP contribution is -2.26. The highest BCUT2D eigenvalue weighted by molar-refractivity contribution is 5.98. The van der Waals surface area contributed by atoms with Gasteiger partial charge in [-0.25, -0.2) is 4.39 Å². The van der Waals surface area contributed by atoms with Crippen LogP contribution in [0.1, 0.15) is 67.7 Å². The summed E-state index contributed by atoms with van der Waals surface area (Å²) in [6.07, 6.45) is 3.22. The zero-order valence-electron chi connectivity index (χ0n) is 18.1. The Bertz CT molecular complexity index is 1010. The van der Waals surface area contributed by atoms with Crippen LogP contribution in [0.25, 0.3) is 0 Å². The number of pyridine rings is 1. The molecule has 0 unspecified atom stereocenters. The van der Waals surface area contributed by atoms with Crippen LogP contribution >= 0.6 is 0 Å². The molecule has 1 saturated carbocycles. The summed E-state index contributed by atoms with van der Waals surface area (Å²) < 4.78 is 20.2. The van der Waals surface area contributed by atoms with Crippen molar-refractivity contribution in [1.29, 1.82) is 0 Å². The summed E-state index contributed by atoms with van der Waals surface area (Å²) in [5.41, 5.74) is 7.08. The monoisotopic (exact) mass is 413 g/mol. The number of hydrogen-bond donors (Lipinski definition) is 2. The van der Waals surface area contributed by atoms with E-state index in [4.69, 9.17) is 10.5 Å². The maximum atomic E-state index is 14.8. The molecule has 30 heavy (non-hydrogen) atoms. The molecule has 2 aromatic rings. The second kappa shape index (κ2) is 7.70. The molecule has 2 amide bonds. The van der Waals surface area contributed by atoms with Crippen LogP contribution in [0.15, 0.2) is 24.4 Å². The Morgan fingerprint density at radius 1 is 1.30 bits per heavy atom. The molecule has 160 valence electrons. The predicted molar refractivity (Wildman–Crippen MR) is 113 cm³/mol. The van der Waals surface area contributed by atoms with Crippen LogP contribution in [0.2, 0.25) is 0 Å². The van der Waals surface area contributed by atoms with Gasteiger partial charge in [-0.3, -0.25) is 14.6 Å². The number of aromatic nitrogens is 1. The number of primary amides is 1. The highest BCUT2D eigenvalue weighted by Crippen LogP contribution is 2.51. The zero-order chi connectivity index (χ0) is 22.3. The highest BCUT2D eigenvalue weighted by atomic mass is 19.1. The molecule has 1 fully saturated rings. The molecule has 0 spiro atoms. The van der Waals surface area contributed by atoms with Gasteiger partial charge in [-0.2, -0.15) is 0 Å². The van der Waals surface area contributed by atoms with Gasteiger partial charge >= 0.3 is 0 Å². The number of carbonyl (C=O) groups excluding carboxylic acids is 2. The number of methoxy groups -OCH3 is 1. The first kappa shape index (κ1) is 21.7. The summed E-state index contributed by atoms with van der Waals surface area (Å²) in [5.74, 6) is -0.920. The lowest BCUT2D eigenvalue weighted by molar-refractivity contribution is -0.115. The van der Waals surface area contributed by atoms with E-state index in [-0.39, 0.29) is 23.1 Å². The third-order valence-corrected chi connectivity index (χ3v) is 5.58. The molecule has 1 heterocycles. The number of nitrogens with zero attached hydrogens (tertiary/aromatic N) is 1. The van der Waals surface area contributed by atoms with Gasteiger partial charge in [-0.15, -0.1) is 0 Å². The molecule has 0 atom stereocenters. The molecule has 0 radical (unpaired) electrons. The van der Waals surface area contributed by atoms with Gasteiger partial charge in [0.05, 0.1) is 13.5 Å². The third-order valence-electron chi connectivity index (χ3n) is 5.58. The molecule has 3 N–H and O–H groups in total. The summed E-state index contributed by atoms with van der Waals surface area (Å²) in [4.78, 5) is 28.6. The van der Waals surface area contributed by atoms with E-state index in [2.05, 4.69) is 17.2 Å². The second-order valence-electron chi connectivity index (χ2n) is 9.13. The molecule has 1 aromatic heterocycles. The third kappa shape index (κ3) is 4.30. The fraction of sp³-hybridized carbons (Fsp3) is 0.435. The van der Waals surface area contributed by atoms with Crippen molar-refractivity contribution >= 4 is 17.5 Å². The SMILES string of the molecule is COc1cc(CC(=O)Nc2ccnc(C(N)=O)c2C(C)(C)C)c(F)cc1C1(C)CC1. The van der Waals surface area contributed by atoms with E-state index in [9.17, 15) is 14.0 Å². The fourth-order valence-electron chi connectivity index (χ4n) is 3.71. The minimum Gasteiger partial charge on any atom is -0.496 e. The van der Waals surface area contributed by atoms with Crippen molar-refractivity contribution in [2.45, 2.75) is 57.8 Å². The Morgan fingerprint density at radius 3 is 2.50 bits per heavy atom. The zero-order valence-corrected chi connectivity index (χ0v) is 18.1. The number of amides is 2. The van der Waals surface area contributed by atoms with E-state index in [0.29, 0.717) is 17.0 Å². The van der Waals surface area contributed by atoms with Crippen LogP contribution in [0, 0.1) is 5.82 Å². The molecule has 0 aliphatic heterocycles. The Kier molecular flexibility index (Phi) is 5.58. The van der Waals surface area contributed by atoms with E-state index < -0.39 is 23.0 Å². The average Bonchev–Trinajstić information content (AvgIpc) is 3.40. The molecule has 1 aliphatic carbocycles. The predicted octanol–water partition coefficient (Wildman–Crippen LogP) is 3.86. The van der Waals surface area contributed by atoms with Crippen molar-refractivity contribution in [2.75, 3.05) is 12.4 Å². The first-order valence-electron chi connectivity index (χ1n) is 9.92. The largest absolute Gasteiger partial charge is 0.496 e. The number of nitrogens with one attached hydrogen (secondary N) is 1. The molecule has 0 saturated heterocycles. The number of carbonyl (C=O) groups is 2. The molecule has 1 aromatic carbocycles. The summed E-state index contributed by atoms with van der Waals surface area (Å²) in [6, 6.07) is 4.69. The molecule has 0 bridgehead atoms. The minimum absolute atomic E-state index is 0.0587. The van der Waals surface area contributed by atoms with Crippen LogP contribution in [-0.4, -0.2) is 23.9 Å². The maximum Gasteiger partial charge on any atom is 0.267 e. The molecule has 3 rings (SSSR count). The summed E-state index contributed by atoms with van der Waals surface area (Å²) in [7, 11) is 1.55. The van der Waals surface area contributed by atoms with Crippen molar-refractivity contribution in [1.82, 2.24) is 4.98 Å². The van der Waals surface area contributed by atoms with Crippen LogP contribution in [0.4, 0.5) is 10.1 Å². The first-order chi connectivity index (χ1) is 14.0. The van der Waals surface area contributed by atoms with Gasteiger partial charge in [0, 0.05) is 28.6 Å². The topological polar surface area (TPSA) is 94.3 Å². The average molecular weight is 413 g/mol. The van der Waals surface area contributed by atoms with E-state index >= 15 is 0 Å². The molecular weight excluding hydrogens is 385 g/mol. The Balaban J connectivity index is 1.88. The molecule has 7 heteroatoms. The molecular formula is C23H28FN3O3. The van der Waals surface area contributed by atoms with Crippen LogP contribution in [0.5, 0.6) is 5.75 Å². The lowest BCUT2D eigenvalue weighted by Gasteiger charge is -2.24. The van der Waals surface area contributed by atoms with Crippen LogP contribution in [-0.2, 0) is 22.0 Å². The minimum atomic E-state index is -0.670. The van der Waals surface area contributed by atoms with Crippen molar-refractivity contribution in [3.63, 3.8) is 0 Å². The van der Waals surface area contributed by atoms with E-state index in [0.717, 1.165) is 18.4 Å². The van der Waals surface area contributed by atoms with Gasteiger partial charge in [-0.1, -0.05) is 27.7 Å². The molecule has 1 aliphatic rings. The maximum absolute atomic E-state index is 14.8. The standard InChI is InChI=1S/C23H28FN3O3/c1-22(2,3)19-16(6-9-26-20(19)21(25)29)27-18(28)11-13-10-17(30-5)14(12-15(13)24)23(4)7-8-23/h6,9-10,12H,7-8,11H2,1-5H3,(H2,25,29)(H,26,27,28). The Hall–Kier alpha value is -2.96. The number of hydrogen-bond acceptors (Lipinski definition) is 4. The molecule has 6 nitrogen and oxygen atoms in total. The Morgan fingerprint density at radius 2 is 1.97 bits per heavy atom. The number of rotatable bonds is 6. The van der Waals surface area contributed by atoms with E-state index in [1.54, 1.807) is 19.2 Å². The van der Waals surface area contributed by atoms with Crippen LogP contribution < -0.4 is 15.8 Å². The number of halogens is 1. The summed E-state index contributed by atoms with van der Waals surface area (Å²) >= 11 is 0. The number of ether oxygens (including phenoxy) is 1. The first-order valence-corrected chi connectivity index (χ1v) is 9.92. The summed E-state index contributed by atoms with van der Waals surface area (Å²) in [5, 5.41) is 2.79. The van der Waals surface area contributed by atoms with Gasteiger partial charge < -0.3 is 15.8 Å². The number of nitrogens with two attached hydrogens (primary N) is 1. The smallest absolute Gasteiger partial charge is 0.267 e. The Labute approximate surface area is 176 Å². The van der Waals surface area contributed by atoms with Crippen molar-refractivity contribution in [3.8, 4) is 5.75 Å². The van der Waals surface area contributed by atoms with E-state index in [1.807, 2.05) is 20.8 Å². The van der Waals surface area contributed by atoms with Gasteiger partial charge in [0.2, 0.25) is 5.91 Å². The number of benzene rings is 1. The van der Waals surface area contributed by atoms with Gasteiger partial charge in [0.1, 0.15) is 17.3 Å². The second-order valence-corrected chi connectivity index (χ2v) is 9.13. The van der Waals surface area contributed by atoms with Gasteiger partial charge in [0.25, 0.3) is 5.91 Å². The van der Waals surface area contributed by atoms with Crippen LogP contribution in [0.3, 0.4) is 0 Å². The van der Waals surface area contributed by atoms with Crippen molar-refractivity contribution in [3.05, 3.63) is 52.6 Å². The quantitative estimate of drug-likeness (QED) is 0.752. The number of anilines is 1. The van der Waals surface area contributed by atoms with Crippen molar-refractivity contribution < 1.29 is 18.7 Å². The fourth-order valence-corrected chi connectivity index (χ4v) is 3.71. The highest BCUT2D eigenvalue weighted by Gasteiger charge is 2.41.